The van der Waals surface area contributed by atoms with Crippen molar-refractivity contribution in [2.75, 3.05) is 12.5 Å². The molecule has 0 radical (unpaired) electrons. The fourth-order valence-electron chi connectivity index (χ4n) is 0.747. The summed E-state index contributed by atoms with van der Waals surface area (Å²) in [4.78, 5) is 3.88. The molecule has 0 aromatic carbocycles. The third-order valence-corrected chi connectivity index (χ3v) is 1.67. The summed E-state index contributed by atoms with van der Waals surface area (Å²) in [5, 5.41) is 0.568. The number of allylic oxidation sites excluding steroid dienone is 1. The van der Waals surface area contributed by atoms with E-state index in [2.05, 4.69) is 4.98 Å². The van der Waals surface area contributed by atoms with Gasteiger partial charge < -0.3 is 4.74 Å². The number of rotatable bonds is 4. The van der Waals surface area contributed by atoms with Gasteiger partial charge in [0, 0.05) is 18.1 Å². The minimum atomic E-state index is 0.481. The minimum absolute atomic E-state index is 0.481. The van der Waals surface area contributed by atoms with Crippen LogP contribution in [0.4, 0.5) is 0 Å². The lowest BCUT2D eigenvalue weighted by Gasteiger charge is -2.01. The molecule has 0 spiro atoms. The average Bonchev–Trinajstić information content (AvgIpc) is 2.13. The Morgan fingerprint density at radius 2 is 2.23 bits per heavy atom. The molecular formula is C9H9Cl2NO. The molecule has 2 nitrogen and oxygen atoms in total. The van der Waals surface area contributed by atoms with Gasteiger partial charge in [-0.05, 0) is 0 Å². The Kier molecular flexibility index (Phi) is 4.65. The zero-order chi connectivity index (χ0) is 9.52. The number of hydrogen-bond acceptors (Lipinski definition) is 2. The van der Waals surface area contributed by atoms with Gasteiger partial charge in [0.05, 0.1) is 11.2 Å². The van der Waals surface area contributed by atoms with Crippen molar-refractivity contribution in [2.24, 2.45) is 0 Å². The van der Waals surface area contributed by atoms with E-state index < -0.39 is 0 Å². The first-order valence-corrected chi connectivity index (χ1v) is 4.68. The van der Waals surface area contributed by atoms with Gasteiger partial charge in [-0.3, -0.25) is 4.98 Å². The van der Waals surface area contributed by atoms with Gasteiger partial charge in [0.25, 0.3) is 0 Å². The summed E-state index contributed by atoms with van der Waals surface area (Å²) in [6, 6.07) is 1.71. The van der Waals surface area contributed by atoms with Crippen molar-refractivity contribution in [3.05, 3.63) is 35.6 Å². The van der Waals surface area contributed by atoms with E-state index in [0.29, 0.717) is 23.3 Å². The van der Waals surface area contributed by atoms with Gasteiger partial charge in [-0.1, -0.05) is 23.8 Å². The molecule has 0 bridgehead atoms. The van der Waals surface area contributed by atoms with E-state index in [-0.39, 0.29) is 0 Å². The minimum Gasteiger partial charge on any atom is -0.488 e. The number of alkyl halides is 1. The van der Waals surface area contributed by atoms with Gasteiger partial charge in [0.1, 0.15) is 12.4 Å². The van der Waals surface area contributed by atoms with Gasteiger partial charge in [-0.15, -0.1) is 11.6 Å². The molecule has 0 aliphatic rings. The Morgan fingerprint density at radius 1 is 1.38 bits per heavy atom. The van der Waals surface area contributed by atoms with E-state index in [4.69, 9.17) is 27.9 Å². The maximum absolute atomic E-state index is 5.70. The summed E-state index contributed by atoms with van der Waals surface area (Å²) in [5.41, 5.74) is 0. The van der Waals surface area contributed by atoms with Gasteiger partial charge in [0.15, 0.2) is 0 Å². The summed E-state index contributed by atoms with van der Waals surface area (Å²) in [6.45, 7) is 0.481. The highest BCUT2D eigenvalue weighted by molar-refractivity contribution is 6.30. The molecule has 1 aromatic heterocycles. The van der Waals surface area contributed by atoms with Gasteiger partial charge >= 0.3 is 0 Å². The van der Waals surface area contributed by atoms with Crippen LogP contribution in [0.1, 0.15) is 0 Å². The zero-order valence-electron chi connectivity index (χ0n) is 6.91. The Labute approximate surface area is 87.1 Å². The number of pyridine rings is 1. The first-order valence-electron chi connectivity index (χ1n) is 3.77. The molecule has 13 heavy (non-hydrogen) atoms. The van der Waals surface area contributed by atoms with Crippen molar-refractivity contribution in [3.63, 3.8) is 0 Å². The van der Waals surface area contributed by atoms with E-state index in [1.807, 2.05) is 12.2 Å². The maximum Gasteiger partial charge on any atom is 0.139 e. The number of aromatic nitrogens is 1. The van der Waals surface area contributed by atoms with Gasteiger partial charge in [-0.25, -0.2) is 0 Å². The van der Waals surface area contributed by atoms with Crippen LogP contribution in [0.2, 0.25) is 5.02 Å². The zero-order valence-corrected chi connectivity index (χ0v) is 8.42. The molecule has 70 valence electrons. The molecule has 0 saturated heterocycles. The van der Waals surface area contributed by atoms with Crippen molar-refractivity contribution in [1.82, 2.24) is 4.98 Å². The fourth-order valence-corrected chi connectivity index (χ4v) is 1.04. The Morgan fingerprint density at radius 3 is 2.92 bits per heavy atom. The predicted octanol–water partition coefficient (Wildman–Crippen LogP) is 2.91. The normalized spacial score (nSPS) is 10.6. The lowest BCUT2D eigenvalue weighted by molar-refractivity contribution is 0.361. The van der Waals surface area contributed by atoms with Crippen LogP contribution in [0.25, 0.3) is 0 Å². The van der Waals surface area contributed by atoms with Crippen molar-refractivity contribution in [2.45, 2.75) is 0 Å². The highest BCUT2D eigenvalue weighted by Crippen LogP contribution is 2.14. The van der Waals surface area contributed by atoms with Crippen LogP contribution in [0.15, 0.2) is 30.6 Å². The van der Waals surface area contributed by atoms with Crippen LogP contribution in [0, 0.1) is 0 Å². The Balaban J connectivity index is 2.41. The SMILES string of the molecule is ClCC=CCOc1cncc(Cl)c1. The van der Waals surface area contributed by atoms with Crippen molar-refractivity contribution >= 4 is 23.2 Å². The quantitative estimate of drug-likeness (QED) is 0.572. The summed E-state index contributed by atoms with van der Waals surface area (Å²) in [5.74, 6) is 1.16. The van der Waals surface area contributed by atoms with E-state index in [1.165, 1.54) is 0 Å². The lowest BCUT2D eigenvalue weighted by atomic mass is 10.4. The second kappa shape index (κ2) is 5.84. The molecule has 0 atom stereocenters. The molecule has 1 rings (SSSR count). The van der Waals surface area contributed by atoms with Crippen LogP contribution in [-0.4, -0.2) is 17.5 Å². The molecule has 1 heterocycles. The number of nitrogens with zero attached hydrogens (tertiary/aromatic N) is 1. The first kappa shape index (κ1) is 10.4. The van der Waals surface area contributed by atoms with Crippen LogP contribution in [0.3, 0.4) is 0 Å². The van der Waals surface area contributed by atoms with E-state index in [0.717, 1.165) is 0 Å². The van der Waals surface area contributed by atoms with Gasteiger partial charge in [-0.2, -0.15) is 0 Å². The summed E-state index contributed by atoms with van der Waals surface area (Å²) < 4.78 is 5.30. The standard InChI is InChI=1S/C9H9Cl2NO/c10-3-1-2-4-13-9-5-8(11)6-12-7-9/h1-2,5-7H,3-4H2. The largest absolute Gasteiger partial charge is 0.488 e. The molecule has 4 heteroatoms. The number of ether oxygens (including phenoxy) is 1. The highest BCUT2D eigenvalue weighted by atomic mass is 35.5. The summed E-state index contributed by atoms with van der Waals surface area (Å²) >= 11 is 11.1. The summed E-state index contributed by atoms with van der Waals surface area (Å²) in [7, 11) is 0. The highest BCUT2D eigenvalue weighted by Gasteiger charge is 1.92. The second-order valence-electron chi connectivity index (χ2n) is 2.28. The molecule has 1 aromatic rings. The van der Waals surface area contributed by atoms with Crippen LogP contribution in [0.5, 0.6) is 5.75 Å². The lowest BCUT2D eigenvalue weighted by Crippen LogP contribution is -1.93. The Bertz CT molecular complexity index is 289. The maximum atomic E-state index is 5.70. The smallest absolute Gasteiger partial charge is 0.139 e. The average molecular weight is 218 g/mol. The van der Waals surface area contributed by atoms with E-state index in [1.54, 1.807) is 18.5 Å². The predicted molar refractivity (Wildman–Crippen MR) is 54.6 cm³/mol. The van der Waals surface area contributed by atoms with Crippen LogP contribution >= 0.6 is 23.2 Å². The molecule has 0 N–H and O–H groups in total. The molecule has 0 unspecified atom stereocenters. The van der Waals surface area contributed by atoms with Crippen LogP contribution < -0.4 is 4.74 Å². The van der Waals surface area contributed by atoms with Crippen molar-refractivity contribution in [1.29, 1.82) is 0 Å². The Hall–Kier alpha value is -0.730. The molecule has 0 aliphatic heterocycles. The van der Waals surface area contributed by atoms with E-state index in [9.17, 15) is 0 Å². The molecule has 0 aliphatic carbocycles. The first-order chi connectivity index (χ1) is 6.33. The second-order valence-corrected chi connectivity index (χ2v) is 3.02. The fraction of sp³-hybridized carbons (Fsp3) is 0.222. The van der Waals surface area contributed by atoms with Gasteiger partial charge in [0.2, 0.25) is 0 Å². The van der Waals surface area contributed by atoms with Crippen LogP contribution in [-0.2, 0) is 0 Å². The molecule has 0 fully saturated rings. The molecule has 0 amide bonds. The van der Waals surface area contributed by atoms with E-state index >= 15 is 0 Å². The number of hydrogen-bond donors (Lipinski definition) is 0. The third kappa shape index (κ3) is 4.15. The molecular weight excluding hydrogens is 209 g/mol. The van der Waals surface area contributed by atoms with Crippen molar-refractivity contribution < 1.29 is 4.74 Å². The van der Waals surface area contributed by atoms with Crippen molar-refractivity contribution in [3.8, 4) is 5.75 Å². The molecule has 0 saturated carbocycles. The third-order valence-electron chi connectivity index (χ3n) is 1.28. The summed E-state index contributed by atoms with van der Waals surface area (Å²) in [6.07, 6.45) is 6.83. The topological polar surface area (TPSA) is 22.1 Å². The monoisotopic (exact) mass is 217 g/mol. The number of halogens is 2.